The molecule has 2 heterocycles. The van der Waals surface area contributed by atoms with Crippen LogP contribution in [-0.4, -0.2) is 26.4 Å². The average Bonchev–Trinajstić information content (AvgIpc) is 2.68. The number of benzene rings is 1. The molecule has 3 N–H and O–H groups in total. The van der Waals surface area contributed by atoms with Crippen LogP contribution in [0, 0.1) is 6.92 Å². The number of hydrogen-bond donors (Lipinski definition) is 2. The molecule has 0 fully saturated rings. The zero-order valence-electron chi connectivity index (χ0n) is 15.1. The predicted octanol–water partition coefficient (Wildman–Crippen LogP) is 3.70. The number of aryl methyl sites for hydroxylation is 1. The van der Waals surface area contributed by atoms with Crippen LogP contribution in [0.25, 0.3) is 11.1 Å². The van der Waals surface area contributed by atoms with E-state index in [4.69, 9.17) is 5.73 Å². The highest BCUT2D eigenvalue weighted by atomic mass is 16.4. The molecule has 0 aliphatic heterocycles. The van der Waals surface area contributed by atoms with Crippen LogP contribution in [0.15, 0.2) is 53.9 Å². The average molecular weight is 359 g/mol. The lowest BCUT2D eigenvalue weighted by atomic mass is 9.74. The van der Waals surface area contributed by atoms with E-state index in [9.17, 15) is 5.21 Å². The quantitative estimate of drug-likeness (QED) is 0.422. The Bertz CT molecular complexity index is 987. The van der Waals surface area contributed by atoms with Gasteiger partial charge < -0.3 is 10.9 Å². The Kier molecular flexibility index (Phi) is 4.54. The Morgan fingerprint density at radius 1 is 1.19 bits per heavy atom. The maximum atomic E-state index is 9.17. The first-order chi connectivity index (χ1) is 13.2. The Morgan fingerprint density at radius 3 is 2.81 bits per heavy atom. The number of oxime groups is 1. The molecular formula is C21H21N5O. The number of pyridine rings is 1. The van der Waals surface area contributed by atoms with Crippen molar-refractivity contribution >= 4 is 12.2 Å². The van der Waals surface area contributed by atoms with Crippen molar-refractivity contribution in [3.05, 3.63) is 71.3 Å². The van der Waals surface area contributed by atoms with Gasteiger partial charge in [-0.3, -0.25) is 4.98 Å². The van der Waals surface area contributed by atoms with Crippen molar-refractivity contribution in [3.8, 4) is 11.1 Å². The molecule has 2 atom stereocenters. The molecule has 136 valence electrons. The van der Waals surface area contributed by atoms with Gasteiger partial charge in [0.05, 0.1) is 11.9 Å². The maximum Gasteiger partial charge on any atom is 0.220 e. The summed E-state index contributed by atoms with van der Waals surface area (Å²) < 4.78 is 0. The molecule has 4 rings (SSSR count). The number of nitrogens with two attached hydrogens (primary N) is 1. The third-order valence-electron chi connectivity index (χ3n) is 5.20. The number of hydrogen-bond acceptors (Lipinski definition) is 6. The standard InChI is InChI=1S/C21H21N5O/c1-13-20-16(12-24-27)9-15(10-19(20)26-21(22)25-13)18-7-3-2-6-17(18)14-5-4-8-23-11-14/h2-8,11-12,15-16,27H,9-10H2,1H3,(H2,22,25,26). The lowest BCUT2D eigenvalue weighted by Crippen LogP contribution is -2.23. The highest BCUT2D eigenvalue weighted by molar-refractivity contribution is 5.71. The first-order valence-electron chi connectivity index (χ1n) is 8.97. The largest absolute Gasteiger partial charge is 0.411 e. The molecular weight excluding hydrogens is 338 g/mol. The second kappa shape index (κ2) is 7.15. The van der Waals surface area contributed by atoms with E-state index in [0.29, 0.717) is 0 Å². The highest BCUT2D eigenvalue weighted by Gasteiger charge is 2.31. The molecule has 27 heavy (non-hydrogen) atoms. The van der Waals surface area contributed by atoms with Crippen molar-refractivity contribution in [3.63, 3.8) is 0 Å². The van der Waals surface area contributed by atoms with Crippen molar-refractivity contribution in [2.75, 3.05) is 5.73 Å². The van der Waals surface area contributed by atoms with Gasteiger partial charge in [-0.15, -0.1) is 5.16 Å². The van der Waals surface area contributed by atoms with Crippen LogP contribution in [0.4, 0.5) is 5.95 Å². The van der Waals surface area contributed by atoms with E-state index in [2.05, 4.69) is 44.4 Å². The van der Waals surface area contributed by atoms with Crippen molar-refractivity contribution in [2.24, 2.45) is 5.16 Å². The molecule has 1 aliphatic carbocycles. The van der Waals surface area contributed by atoms with E-state index < -0.39 is 0 Å². The topological polar surface area (TPSA) is 97.3 Å². The number of rotatable bonds is 3. The third-order valence-corrected chi connectivity index (χ3v) is 5.20. The number of anilines is 1. The van der Waals surface area contributed by atoms with Gasteiger partial charge in [0.15, 0.2) is 0 Å². The van der Waals surface area contributed by atoms with Crippen molar-refractivity contribution in [1.82, 2.24) is 15.0 Å². The third kappa shape index (κ3) is 3.26. The predicted molar refractivity (Wildman–Crippen MR) is 105 cm³/mol. The molecule has 0 radical (unpaired) electrons. The van der Waals surface area contributed by atoms with Crippen LogP contribution in [0.2, 0.25) is 0 Å². The number of nitrogens with zero attached hydrogens (tertiary/aromatic N) is 4. The second-order valence-corrected chi connectivity index (χ2v) is 6.86. The van der Waals surface area contributed by atoms with Gasteiger partial charge in [-0.1, -0.05) is 30.3 Å². The Hall–Kier alpha value is -3.28. The molecule has 3 aromatic rings. The lowest BCUT2D eigenvalue weighted by molar-refractivity contribution is 0.318. The minimum atomic E-state index is -0.0497. The Morgan fingerprint density at radius 2 is 2.04 bits per heavy atom. The molecule has 6 nitrogen and oxygen atoms in total. The van der Waals surface area contributed by atoms with Gasteiger partial charge in [-0.2, -0.15) is 0 Å². The SMILES string of the molecule is Cc1nc(N)nc2c1C(C=NO)CC(c1ccccc1-c1cccnc1)C2. The Labute approximate surface area is 157 Å². The van der Waals surface area contributed by atoms with Crippen LogP contribution < -0.4 is 5.73 Å². The van der Waals surface area contributed by atoms with Crippen molar-refractivity contribution in [2.45, 2.75) is 31.6 Å². The summed E-state index contributed by atoms with van der Waals surface area (Å²) in [6.07, 6.45) is 6.83. The van der Waals surface area contributed by atoms with Crippen LogP contribution in [0.3, 0.4) is 0 Å². The van der Waals surface area contributed by atoms with E-state index >= 15 is 0 Å². The molecule has 2 aromatic heterocycles. The first-order valence-corrected chi connectivity index (χ1v) is 8.97. The summed E-state index contributed by atoms with van der Waals surface area (Å²) in [4.78, 5) is 13.1. The summed E-state index contributed by atoms with van der Waals surface area (Å²) in [7, 11) is 0. The summed E-state index contributed by atoms with van der Waals surface area (Å²) in [5, 5.41) is 12.5. The highest BCUT2D eigenvalue weighted by Crippen LogP contribution is 2.42. The molecule has 0 saturated carbocycles. The molecule has 1 aromatic carbocycles. The molecule has 0 spiro atoms. The minimum absolute atomic E-state index is 0.0497. The van der Waals surface area contributed by atoms with E-state index in [1.807, 2.05) is 25.3 Å². The van der Waals surface area contributed by atoms with Crippen molar-refractivity contribution in [1.29, 1.82) is 0 Å². The lowest BCUT2D eigenvalue weighted by Gasteiger charge is -2.31. The zero-order valence-corrected chi connectivity index (χ0v) is 15.1. The van der Waals surface area contributed by atoms with Gasteiger partial charge in [0.1, 0.15) is 0 Å². The summed E-state index contributed by atoms with van der Waals surface area (Å²) in [6.45, 7) is 1.93. The van der Waals surface area contributed by atoms with Gasteiger partial charge >= 0.3 is 0 Å². The van der Waals surface area contributed by atoms with Crippen LogP contribution >= 0.6 is 0 Å². The zero-order chi connectivity index (χ0) is 18.8. The van der Waals surface area contributed by atoms with E-state index in [1.165, 1.54) is 5.56 Å². The fourth-order valence-electron chi connectivity index (χ4n) is 4.13. The van der Waals surface area contributed by atoms with Gasteiger partial charge in [-0.05, 0) is 42.9 Å². The molecule has 0 bridgehead atoms. The minimum Gasteiger partial charge on any atom is -0.411 e. The summed E-state index contributed by atoms with van der Waals surface area (Å²) in [5.74, 6) is 0.462. The van der Waals surface area contributed by atoms with E-state index in [0.717, 1.165) is 40.9 Å². The molecule has 0 saturated heterocycles. The monoisotopic (exact) mass is 359 g/mol. The number of nitrogen functional groups attached to an aromatic ring is 1. The molecule has 2 unspecified atom stereocenters. The van der Waals surface area contributed by atoms with Crippen LogP contribution in [0.1, 0.15) is 40.8 Å². The van der Waals surface area contributed by atoms with E-state index in [-0.39, 0.29) is 17.8 Å². The molecule has 1 aliphatic rings. The van der Waals surface area contributed by atoms with Crippen molar-refractivity contribution < 1.29 is 5.21 Å². The van der Waals surface area contributed by atoms with Crippen LogP contribution in [0.5, 0.6) is 0 Å². The smallest absolute Gasteiger partial charge is 0.220 e. The fourth-order valence-corrected chi connectivity index (χ4v) is 4.13. The maximum absolute atomic E-state index is 9.17. The van der Waals surface area contributed by atoms with Gasteiger partial charge in [0.25, 0.3) is 0 Å². The normalized spacial score (nSPS) is 19.1. The van der Waals surface area contributed by atoms with Gasteiger partial charge in [-0.25, -0.2) is 9.97 Å². The van der Waals surface area contributed by atoms with E-state index in [1.54, 1.807) is 12.4 Å². The molecule has 6 heteroatoms. The number of aromatic nitrogens is 3. The summed E-state index contributed by atoms with van der Waals surface area (Å²) in [6, 6.07) is 12.4. The summed E-state index contributed by atoms with van der Waals surface area (Å²) in [5.41, 5.74) is 12.2. The summed E-state index contributed by atoms with van der Waals surface area (Å²) >= 11 is 0. The number of fused-ring (bicyclic) bond motifs is 1. The van der Waals surface area contributed by atoms with Gasteiger partial charge in [0.2, 0.25) is 5.95 Å². The fraction of sp³-hybridized carbons (Fsp3) is 0.238. The second-order valence-electron chi connectivity index (χ2n) is 6.86. The molecule has 0 amide bonds. The van der Waals surface area contributed by atoms with Gasteiger partial charge in [0, 0.05) is 35.1 Å². The Balaban J connectivity index is 1.81. The van der Waals surface area contributed by atoms with Crippen LogP contribution in [-0.2, 0) is 6.42 Å². The first kappa shape index (κ1) is 17.1.